The zero-order valence-corrected chi connectivity index (χ0v) is 18.3. The molecule has 29 heavy (non-hydrogen) atoms. The molecule has 2 aromatic rings. The van der Waals surface area contributed by atoms with Crippen LogP contribution in [0, 0.1) is 0 Å². The van der Waals surface area contributed by atoms with Crippen molar-refractivity contribution in [3.8, 4) is 5.75 Å². The van der Waals surface area contributed by atoms with E-state index < -0.39 is 0 Å². The molecule has 1 aromatic carbocycles. The van der Waals surface area contributed by atoms with Crippen molar-refractivity contribution in [3.05, 3.63) is 45.7 Å². The first-order valence-corrected chi connectivity index (χ1v) is 11.6. The number of fused-ring (bicyclic) bond motifs is 1. The topological polar surface area (TPSA) is 76.1 Å². The number of H-pyrrole nitrogens is 1. The summed E-state index contributed by atoms with van der Waals surface area (Å²) in [7, 11) is 0. The molecule has 1 aliphatic rings. The summed E-state index contributed by atoms with van der Waals surface area (Å²) in [6.45, 7) is 7.06. The zero-order valence-electron chi connectivity index (χ0n) is 17.5. The van der Waals surface area contributed by atoms with E-state index in [4.69, 9.17) is 4.74 Å². The minimum atomic E-state index is -0.197. The van der Waals surface area contributed by atoms with Crippen LogP contribution < -0.4 is 15.6 Å². The number of carbonyl (C=O) groups excluding carboxylic acids is 1. The second-order valence-electron chi connectivity index (χ2n) is 7.41. The second-order valence-corrected chi connectivity index (χ2v) is 8.50. The van der Waals surface area contributed by atoms with E-state index in [9.17, 15) is 9.59 Å². The minimum Gasteiger partial charge on any atom is -0.494 e. The van der Waals surface area contributed by atoms with E-state index >= 15 is 0 Å². The van der Waals surface area contributed by atoms with Crippen molar-refractivity contribution in [3.63, 3.8) is 0 Å². The van der Waals surface area contributed by atoms with Crippen LogP contribution in [0.2, 0.25) is 0 Å². The molecule has 1 atom stereocenters. The number of anilines is 1. The quantitative estimate of drug-likeness (QED) is 0.570. The average Bonchev–Trinajstić information content (AvgIpc) is 2.92. The fourth-order valence-corrected chi connectivity index (χ4v) is 4.84. The molecular weight excluding hydrogens is 386 g/mol. The third-order valence-electron chi connectivity index (χ3n) is 5.37. The number of nitrogens with zero attached hydrogens (tertiary/aromatic N) is 1. The summed E-state index contributed by atoms with van der Waals surface area (Å²) >= 11 is 1.49. The van der Waals surface area contributed by atoms with E-state index in [1.165, 1.54) is 18.2 Å². The molecule has 1 aromatic heterocycles. The Labute approximate surface area is 176 Å². The van der Waals surface area contributed by atoms with Crippen LogP contribution in [0.15, 0.2) is 29.1 Å². The molecule has 0 fully saturated rings. The van der Waals surface area contributed by atoms with Crippen molar-refractivity contribution in [1.82, 2.24) is 9.78 Å². The van der Waals surface area contributed by atoms with Crippen LogP contribution in [-0.4, -0.2) is 28.0 Å². The minimum absolute atomic E-state index is 0.0756. The zero-order chi connectivity index (χ0) is 20.8. The highest BCUT2D eigenvalue weighted by atomic mass is 32.2. The van der Waals surface area contributed by atoms with Gasteiger partial charge in [0.2, 0.25) is 5.91 Å². The van der Waals surface area contributed by atoms with Crippen molar-refractivity contribution in [2.24, 2.45) is 0 Å². The standard InChI is InChI=1S/C22H31N3O3S/c1-4-7-8-13-28-17-11-9-15(10-12-17)20-19-21(23-18(26)14-29-20)25(24-22(19)27)16(5-2)6-3/h9-12,16,20H,4-8,13-14H2,1-3H3,(H,23,26)(H,24,27). The number of ether oxygens (including phenoxy) is 1. The molecule has 0 radical (unpaired) electrons. The molecule has 0 saturated heterocycles. The van der Waals surface area contributed by atoms with Crippen LogP contribution in [-0.2, 0) is 4.79 Å². The Hall–Kier alpha value is -2.15. The molecule has 2 N–H and O–H groups in total. The molecule has 0 bridgehead atoms. The Morgan fingerprint density at radius 2 is 1.86 bits per heavy atom. The number of unbranched alkanes of at least 4 members (excludes halogenated alkanes) is 2. The van der Waals surface area contributed by atoms with Crippen LogP contribution in [0.1, 0.15) is 75.3 Å². The number of nitrogens with one attached hydrogen (secondary N) is 2. The van der Waals surface area contributed by atoms with Crippen LogP contribution in [0.5, 0.6) is 5.75 Å². The van der Waals surface area contributed by atoms with Gasteiger partial charge < -0.3 is 10.1 Å². The fraction of sp³-hybridized carbons (Fsp3) is 0.545. The predicted molar refractivity (Wildman–Crippen MR) is 119 cm³/mol. The first kappa shape index (κ1) is 21.6. The number of rotatable bonds is 9. The summed E-state index contributed by atoms with van der Waals surface area (Å²) in [5.41, 5.74) is 1.50. The lowest BCUT2D eigenvalue weighted by Crippen LogP contribution is -2.19. The predicted octanol–water partition coefficient (Wildman–Crippen LogP) is 4.88. The molecule has 158 valence electrons. The van der Waals surface area contributed by atoms with Gasteiger partial charge in [0, 0.05) is 0 Å². The smallest absolute Gasteiger partial charge is 0.270 e. The molecule has 1 amide bonds. The van der Waals surface area contributed by atoms with E-state index in [-0.39, 0.29) is 22.8 Å². The Morgan fingerprint density at radius 1 is 1.14 bits per heavy atom. The molecule has 6 nitrogen and oxygen atoms in total. The fourth-order valence-electron chi connectivity index (χ4n) is 3.72. The van der Waals surface area contributed by atoms with Crippen molar-refractivity contribution >= 4 is 23.5 Å². The monoisotopic (exact) mass is 417 g/mol. The Kier molecular flexibility index (Phi) is 7.47. The highest BCUT2D eigenvalue weighted by Gasteiger charge is 2.31. The normalized spacial score (nSPS) is 16.4. The third kappa shape index (κ3) is 4.89. The van der Waals surface area contributed by atoms with Crippen molar-refractivity contribution in [2.45, 2.75) is 64.2 Å². The Balaban J connectivity index is 1.89. The van der Waals surface area contributed by atoms with E-state index in [1.807, 2.05) is 28.9 Å². The van der Waals surface area contributed by atoms with E-state index in [0.717, 1.165) is 37.0 Å². The summed E-state index contributed by atoms with van der Waals surface area (Å²) in [5.74, 6) is 1.69. The molecule has 0 saturated carbocycles. The average molecular weight is 418 g/mol. The molecular formula is C22H31N3O3S. The number of aromatic nitrogens is 2. The molecule has 1 unspecified atom stereocenters. The summed E-state index contributed by atoms with van der Waals surface area (Å²) in [6.07, 6.45) is 5.14. The Morgan fingerprint density at radius 3 is 2.52 bits per heavy atom. The molecule has 0 spiro atoms. The van der Waals surface area contributed by atoms with Gasteiger partial charge in [-0.1, -0.05) is 45.7 Å². The SMILES string of the molecule is CCCCCOc1ccc(C2SCC(=O)Nc3c2c(=O)[nH]n3C(CC)CC)cc1. The van der Waals surface area contributed by atoms with Crippen LogP contribution in [0.3, 0.4) is 0 Å². The van der Waals surface area contributed by atoms with E-state index in [1.54, 1.807) is 0 Å². The van der Waals surface area contributed by atoms with E-state index in [0.29, 0.717) is 23.7 Å². The first-order chi connectivity index (χ1) is 14.1. The van der Waals surface area contributed by atoms with Gasteiger partial charge in [0.1, 0.15) is 11.6 Å². The summed E-state index contributed by atoms with van der Waals surface area (Å²) in [5, 5.41) is 5.73. The van der Waals surface area contributed by atoms with Crippen LogP contribution in [0.25, 0.3) is 0 Å². The van der Waals surface area contributed by atoms with E-state index in [2.05, 4.69) is 31.2 Å². The summed E-state index contributed by atoms with van der Waals surface area (Å²) in [6, 6.07) is 8.05. The lowest BCUT2D eigenvalue weighted by molar-refractivity contribution is -0.113. The van der Waals surface area contributed by atoms with Crippen LogP contribution >= 0.6 is 11.8 Å². The number of thioether (sulfide) groups is 1. The maximum absolute atomic E-state index is 12.9. The summed E-state index contributed by atoms with van der Waals surface area (Å²) < 4.78 is 7.65. The van der Waals surface area contributed by atoms with Crippen LogP contribution in [0.4, 0.5) is 5.82 Å². The maximum Gasteiger partial charge on any atom is 0.270 e. The highest BCUT2D eigenvalue weighted by Crippen LogP contribution is 2.41. The van der Waals surface area contributed by atoms with Gasteiger partial charge in [-0.05, 0) is 37.0 Å². The van der Waals surface area contributed by atoms with Crippen molar-refractivity contribution in [2.75, 3.05) is 17.7 Å². The number of hydrogen-bond donors (Lipinski definition) is 2. The third-order valence-corrected chi connectivity index (χ3v) is 6.64. The van der Waals surface area contributed by atoms with Gasteiger partial charge in [0.05, 0.1) is 29.2 Å². The number of amides is 1. The maximum atomic E-state index is 12.9. The van der Waals surface area contributed by atoms with Gasteiger partial charge in [-0.15, -0.1) is 11.8 Å². The highest BCUT2D eigenvalue weighted by molar-refractivity contribution is 8.00. The van der Waals surface area contributed by atoms with Crippen molar-refractivity contribution in [1.29, 1.82) is 0 Å². The molecule has 7 heteroatoms. The number of hydrogen-bond acceptors (Lipinski definition) is 4. The molecule has 0 aliphatic carbocycles. The van der Waals surface area contributed by atoms with Crippen molar-refractivity contribution < 1.29 is 9.53 Å². The van der Waals surface area contributed by atoms with Gasteiger partial charge in [0.25, 0.3) is 5.56 Å². The van der Waals surface area contributed by atoms with Gasteiger partial charge >= 0.3 is 0 Å². The molecule has 2 heterocycles. The molecule has 3 rings (SSSR count). The number of benzene rings is 1. The Bertz CT molecular complexity index is 868. The van der Waals surface area contributed by atoms with Gasteiger partial charge in [-0.2, -0.15) is 0 Å². The first-order valence-electron chi connectivity index (χ1n) is 10.6. The second kappa shape index (κ2) is 10.1. The van der Waals surface area contributed by atoms with Gasteiger partial charge in [0.15, 0.2) is 0 Å². The van der Waals surface area contributed by atoms with Gasteiger partial charge in [-0.3, -0.25) is 19.4 Å². The van der Waals surface area contributed by atoms with Gasteiger partial charge in [-0.25, -0.2) is 0 Å². The summed E-state index contributed by atoms with van der Waals surface area (Å²) in [4.78, 5) is 25.2. The molecule has 1 aliphatic heterocycles. The lowest BCUT2D eigenvalue weighted by atomic mass is 10.1. The number of carbonyl (C=O) groups is 1. The lowest BCUT2D eigenvalue weighted by Gasteiger charge is -2.18. The largest absolute Gasteiger partial charge is 0.494 e. The number of aromatic amines is 1.